The molecule has 0 aliphatic heterocycles. The van der Waals surface area contributed by atoms with Crippen LogP contribution in [0.4, 0.5) is 0 Å². The average Bonchev–Trinajstić information content (AvgIpc) is 2.37. The lowest BCUT2D eigenvalue weighted by atomic mass is 9.95. The van der Waals surface area contributed by atoms with Crippen LogP contribution >= 0.6 is 15.9 Å². The highest BCUT2D eigenvalue weighted by Gasteiger charge is 2.24. The van der Waals surface area contributed by atoms with Crippen LogP contribution in [0.3, 0.4) is 0 Å². The van der Waals surface area contributed by atoms with E-state index in [9.17, 15) is 9.59 Å². The predicted octanol–water partition coefficient (Wildman–Crippen LogP) is 3.47. The largest absolute Gasteiger partial charge is 0.465 e. The minimum Gasteiger partial charge on any atom is -0.465 e. The highest BCUT2D eigenvalue weighted by atomic mass is 79.9. The zero-order valence-corrected chi connectivity index (χ0v) is 12.4. The first-order valence-electron chi connectivity index (χ1n) is 5.81. The van der Waals surface area contributed by atoms with Crippen molar-refractivity contribution in [2.45, 2.75) is 19.8 Å². The van der Waals surface area contributed by atoms with Gasteiger partial charge in [0.15, 0.2) is 5.58 Å². The summed E-state index contributed by atoms with van der Waals surface area (Å²) in [6.45, 7) is 3.84. The molecule has 2 rings (SSSR count). The molecule has 0 atom stereocenters. The molecular weight excluding hydrogens is 312 g/mol. The average molecular weight is 325 g/mol. The molecule has 0 saturated carbocycles. The first kappa shape index (κ1) is 13.8. The second-order valence-electron chi connectivity index (χ2n) is 4.44. The zero-order chi connectivity index (χ0) is 14.2. The molecule has 100 valence electrons. The summed E-state index contributed by atoms with van der Waals surface area (Å²) in [5, 5.41) is 0.740. The maximum atomic E-state index is 12.0. The molecular formula is C14H13BrO4. The molecule has 19 heavy (non-hydrogen) atoms. The van der Waals surface area contributed by atoms with Crippen LogP contribution in [0.2, 0.25) is 0 Å². The molecule has 0 N–H and O–H groups in total. The lowest BCUT2D eigenvalue weighted by Gasteiger charge is -2.13. The Hall–Kier alpha value is -1.62. The van der Waals surface area contributed by atoms with Crippen LogP contribution in [0.1, 0.15) is 35.7 Å². The Balaban J connectivity index is 2.98. The molecule has 0 unspecified atom stereocenters. The number of esters is 1. The highest BCUT2D eigenvalue weighted by Crippen LogP contribution is 2.31. The molecule has 4 nitrogen and oxygen atoms in total. The third kappa shape index (κ3) is 2.30. The molecule has 1 heterocycles. The van der Waals surface area contributed by atoms with Gasteiger partial charge in [0.2, 0.25) is 0 Å². The number of ether oxygens (including phenoxy) is 1. The second-order valence-corrected chi connectivity index (χ2v) is 5.30. The summed E-state index contributed by atoms with van der Waals surface area (Å²) in [4.78, 5) is 23.8. The third-order valence-corrected chi connectivity index (χ3v) is 3.52. The molecule has 0 aliphatic carbocycles. The molecule has 0 spiro atoms. The smallest absolute Gasteiger partial charge is 0.351 e. The highest BCUT2D eigenvalue weighted by molar-refractivity contribution is 9.10. The summed E-state index contributed by atoms with van der Waals surface area (Å²) in [6, 6.07) is 5.44. The van der Waals surface area contributed by atoms with E-state index in [0.29, 0.717) is 15.6 Å². The first-order valence-corrected chi connectivity index (χ1v) is 6.60. The number of para-hydroxylation sites is 1. The predicted molar refractivity (Wildman–Crippen MR) is 75.6 cm³/mol. The van der Waals surface area contributed by atoms with Gasteiger partial charge in [-0.2, -0.15) is 0 Å². The summed E-state index contributed by atoms with van der Waals surface area (Å²) >= 11 is 3.34. The van der Waals surface area contributed by atoms with E-state index in [1.165, 1.54) is 7.11 Å². The van der Waals surface area contributed by atoms with Crippen molar-refractivity contribution in [3.05, 3.63) is 44.2 Å². The standard InChI is InChI=1S/C14H13BrO4/c1-7(2)10-8-5-4-6-9(15)12(8)19-14(17)11(10)13(16)18-3/h4-7H,1-3H3. The molecule has 0 bridgehead atoms. The Kier molecular flexibility index (Phi) is 3.75. The van der Waals surface area contributed by atoms with Gasteiger partial charge in [-0.1, -0.05) is 26.0 Å². The minimum absolute atomic E-state index is 0.00463. The fourth-order valence-electron chi connectivity index (χ4n) is 2.11. The molecule has 1 aromatic carbocycles. The van der Waals surface area contributed by atoms with Crippen LogP contribution in [0, 0.1) is 0 Å². The van der Waals surface area contributed by atoms with Crippen molar-refractivity contribution >= 4 is 32.9 Å². The number of fused-ring (bicyclic) bond motifs is 1. The molecule has 5 heteroatoms. The summed E-state index contributed by atoms with van der Waals surface area (Å²) in [7, 11) is 1.25. The van der Waals surface area contributed by atoms with Gasteiger partial charge in [-0.15, -0.1) is 0 Å². The Morgan fingerprint density at radius 2 is 2.05 bits per heavy atom. The molecule has 2 aromatic rings. The van der Waals surface area contributed by atoms with E-state index in [1.54, 1.807) is 6.07 Å². The zero-order valence-electron chi connectivity index (χ0n) is 10.8. The minimum atomic E-state index is -0.671. The van der Waals surface area contributed by atoms with Crippen LogP contribution in [0.5, 0.6) is 0 Å². The number of carbonyl (C=O) groups excluding carboxylic acids is 1. The maximum absolute atomic E-state index is 12.0. The monoisotopic (exact) mass is 324 g/mol. The van der Waals surface area contributed by atoms with Gasteiger partial charge in [0.05, 0.1) is 11.6 Å². The molecule has 1 aromatic heterocycles. The number of halogens is 1. The Bertz CT molecular complexity index is 700. The quantitative estimate of drug-likeness (QED) is 0.627. The van der Waals surface area contributed by atoms with Crippen molar-refractivity contribution in [3.63, 3.8) is 0 Å². The number of hydrogen-bond acceptors (Lipinski definition) is 4. The van der Waals surface area contributed by atoms with Crippen LogP contribution < -0.4 is 5.63 Å². The van der Waals surface area contributed by atoms with Crippen LogP contribution in [0.25, 0.3) is 11.0 Å². The van der Waals surface area contributed by atoms with Gasteiger partial charge in [0.25, 0.3) is 0 Å². The fraction of sp³-hybridized carbons (Fsp3) is 0.286. The van der Waals surface area contributed by atoms with Gasteiger partial charge in [-0.05, 0) is 33.5 Å². The van der Waals surface area contributed by atoms with E-state index in [1.807, 2.05) is 26.0 Å². The maximum Gasteiger partial charge on any atom is 0.351 e. The third-order valence-electron chi connectivity index (χ3n) is 2.89. The fourth-order valence-corrected chi connectivity index (χ4v) is 2.56. The van der Waals surface area contributed by atoms with Crippen molar-refractivity contribution in [1.29, 1.82) is 0 Å². The van der Waals surface area contributed by atoms with Gasteiger partial charge in [-0.25, -0.2) is 9.59 Å². The summed E-state index contributed by atoms with van der Waals surface area (Å²) < 4.78 is 10.6. The van der Waals surface area contributed by atoms with Crippen molar-refractivity contribution < 1.29 is 13.9 Å². The van der Waals surface area contributed by atoms with Crippen LogP contribution in [-0.2, 0) is 4.74 Å². The van der Waals surface area contributed by atoms with Gasteiger partial charge in [0.1, 0.15) is 5.56 Å². The first-order chi connectivity index (χ1) is 8.97. The van der Waals surface area contributed by atoms with Crippen molar-refractivity contribution in [2.24, 2.45) is 0 Å². The summed E-state index contributed by atoms with van der Waals surface area (Å²) in [5.41, 5.74) is 0.404. The van der Waals surface area contributed by atoms with E-state index in [0.717, 1.165) is 5.39 Å². The lowest BCUT2D eigenvalue weighted by molar-refractivity contribution is 0.0594. The molecule has 0 saturated heterocycles. The Morgan fingerprint density at radius 3 is 2.63 bits per heavy atom. The molecule has 0 amide bonds. The number of carbonyl (C=O) groups is 1. The normalized spacial score (nSPS) is 11.0. The van der Waals surface area contributed by atoms with Gasteiger partial charge in [0, 0.05) is 5.39 Å². The number of rotatable bonds is 2. The summed E-state index contributed by atoms with van der Waals surface area (Å²) in [5.74, 6) is -0.672. The lowest BCUT2D eigenvalue weighted by Crippen LogP contribution is -2.19. The molecule has 0 aliphatic rings. The van der Waals surface area contributed by atoms with E-state index < -0.39 is 11.6 Å². The number of hydrogen-bond donors (Lipinski definition) is 0. The van der Waals surface area contributed by atoms with E-state index in [-0.39, 0.29) is 11.5 Å². The van der Waals surface area contributed by atoms with Gasteiger partial charge in [-0.3, -0.25) is 0 Å². The van der Waals surface area contributed by atoms with Gasteiger partial charge < -0.3 is 9.15 Å². The van der Waals surface area contributed by atoms with E-state index in [2.05, 4.69) is 20.7 Å². The SMILES string of the molecule is COC(=O)c1c(C(C)C)c2cccc(Br)c2oc1=O. The number of benzene rings is 1. The Labute approximate surface area is 118 Å². The van der Waals surface area contributed by atoms with Crippen LogP contribution in [0.15, 0.2) is 31.9 Å². The Morgan fingerprint density at radius 1 is 1.37 bits per heavy atom. The van der Waals surface area contributed by atoms with E-state index >= 15 is 0 Å². The number of methoxy groups -OCH3 is 1. The molecule has 0 fully saturated rings. The van der Waals surface area contributed by atoms with Crippen molar-refractivity contribution in [2.75, 3.05) is 7.11 Å². The van der Waals surface area contributed by atoms with Crippen LogP contribution in [-0.4, -0.2) is 13.1 Å². The van der Waals surface area contributed by atoms with Crippen molar-refractivity contribution in [1.82, 2.24) is 0 Å². The summed E-state index contributed by atoms with van der Waals surface area (Å²) in [6.07, 6.45) is 0. The second kappa shape index (κ2) is 5.17. The van der Waals surface area contributed by atoms with E-state index in [4.69, 9.17) is 4.42 Å². The van der Waals surface area contributed by atoms with Gasteiger partial charge >= 0.3 is 11.6 Å². The molecule has 0 radical (unpaired) electrons. The van der Waals surface area contributed by atoms with Crippen molar-refractivity contribution in [3.8, 4) is 0 Å². The topological polar surface area (TPSA) is 56.5 Å².